The third-order valence-electron chi connectivity index (χ3n) is 9.57. The molecular weight excluding hydrogens is 603 g/mol. The zero-order valence-corrected chi connectivity index (χ0v) is 26.7. The largest absolute Gasteiger partial charge is 0.454 e. The average Bonchev–Trinajstić information content (AvgIpc) is 3.85. The minimum absolute atomic E-state index is 0.840. The van der Waals surface area contributed by atoms with Gasteiger partial charge in [-0.05, 0) is 60.0 Å². The van der Waals surface area contributed by atoms with Crippen molar-refractivity contribution in [1.29, 1.82) is 0 Å². The van der Waals surface area contributed by atoms with Crippen molar-refractivity contribution < 1.29 is 4.42 Å². The number of para-hydroxylation sites is 2. The molecule has 0 radical (unpaired) electrons. The molecule has 6 heteroatoms. The van der Waals surface area contributed by atoms with Gasteiger partial charge < -0.3 is 13.9 Å². The number of furan rings is 1. The van der Waals surface area contributed by atoms with Crippen LogP contribution in [0.1, 0.15) is 0 Å². The number of hydrogen-bond donors (Lipinski definition) is 0. The SMILES string of the molecule is Cn1ccnc1-c1cccc(N(c2ccc3c4ccccc4n(-c4ccccn4)c3c2)c2c3ccccc3cc3c2oc2ccccc23)c1. The Hall–Kier alpha value is -6.66. The molecule has 0 aliphatic heterocycles. The molecule has 0 amide bonds. The number of hydrogen-bond acceptors (Lipinski definition) is 4. The lowest BCUT2D eigenvalue weighted by Crippen LogP contribution is -2.11. The molecule has 0 N–H and O–H groups in total. The van der Waals surface area contributed by atoms with Gasteiger partial charge in [0.05, 0.1) is 16.7 Å². The number of aromatic nitrogens is 4. The number of nitrogens with zero attached hydrogens (tertiary/aromatic N) is 5. The molecule has 0 saturated heterocycles. The van der Waals surface area contributed by atoms with Crippen molar-refractivity contribution in [3.63, 3.8) is 0 Å². The maximum Gasteiger partial charge on any atom is 0.160 e. The third kappa shape index (κ3) is 4.21. The molecule has 0 saturated carbocycles. The van der Waals surface area contributed by atoms with E-state index in [9.17, 15) is 0 Å². The lowest BCUT2D eigenvalue weighted by molar-refractivity contribution is 0.669. The molecule has 0 aliphatic carbocycles. The molecule has 0 aliphatic rings. The van der Waals surface area contributed by atoms with Crippen LogP contribution in [0.15, 0.2) is 163 Å². The van der Waals surface area contributed by atoms with E-state index in [2.05, 4.69) is 134 Å². The van der Waals surface area contributed by atoms with E-state index in [0.29, 0.717) is 0 Å². The minimum atomic E-state index is 0.840. The Kier molecular flexibility index (Phi) is 5.99. The summed E-state index contributed by atoms with van der Waals surface area (Å²) in [7, 11) is 2.03. The van der Waals surface area contributed by atoms with Crippen LogP contribution in [0.3, 0.4) is 0 Å². The number of imidazole rings is 1. The molecule has 6 aromatic carbocycles. The summed E-state index contributed by atoms with van der Waals surface area (Å²) in [4.78, 5) is 11.8. The summed E-state index contributed by atoms with van der Waals surface area (Å²) in [6.45, 7) is 0. The summed E-state index contributed by atoms with van der Waals surface area (Å²) in [6.07, 6.45) is 5.67. The lowest BCUT2D eigenvalue weighted by atomic mass is 10.0. The van der Waals surface area contributed by atoms with E-state index in [-0.39, 0.29) is 0 Å². The second-order valence-electron chi connectivity index (χ2n) is 12.4. The van der Waals surface area contributed by atoms with Crippen LogP contribution in [0.5, 0.6) is 0 Å². The van der Waals surface area contributed by atoms with Gasteiger partial charge in [-0.15, -0.1) is 0 Å². The second kappa shape index (κ2) is 10.7. The van der Waals surface area contributed by atoms with Gasteiger partial charge in [-0.25, -0.2) is 9.97 Å². The Labute approximate surface area is 281 Å². The highest BCUT2D eigenvalue weighted by Gasteiger charge is 2.24. The fourth-order valence-electron chi connectivity index (χ4n) is 7.39. The van der Waals surface area contributed by atoms with E-state index < -0.39 is 0 Å². The number of fused-ring (bicyclic) bond motifs is 7. The Balaban J connectivity index is 1.33. The van der Waals surface area contributed by atoms with E-state index in [4.69, 9.17) is 9.40 Å². The number of rotatable bonds is 5. The number of anilines is 3. The smallest absolute Gasteiger partial charge is 0.160 e. The highest BCUT2D eigenvalue weighted by Crippen LogP contribution is 2.48. The third-order valence-corrected chi connectivity index (χ3v) is 9.57. The van der Waals surface area contributed by atoms with Gasteiger partial charge in [0.25, 0.3) is 0 Å². The van der Waals surface area contributed by atoms with Crippen LogP contribution in [0.2, 0.25) is 0 Å². The molecule has 4 heterocycles. The summed E-state index contributed by atoms with van der Waals surface area (Å²) >= 11 is 0. The van der Waals surface area contributed by atoms with Crippen LogP contribution in [-0.2, 0) is 7.05 Å². The normalized spacial score (nSPS) is 11.8. The van der Waals surface area contributed by atoms with Gasteiger partial charge in [-0.1, -0.05) is 84.9 Å². The fraction of sp³-hybridized carbons (Fsp3) is 0.0233. The van der Waals surface area contributed by atoms with Gasteiger partial charge in [-0.2, -0.15) is 0 Å². The van der Waals surface area contributed by atoms with Crippen molar-refractivity contribution in [1.82, 2.24) is 19.1 Å². The molecule has 0 bridgehead atoms. The maximum absolute atomic E-state index is 6.79. The Morgan fingerprint density at radius 1 is 0.571 bits per heavy atom. The van der Waals surface area contributed by atoms with Crippen molar-refractivity contribution >= 4 is 71.6 Å². The predicted molar refractivity (Wildman–Crippen MR) is 200 cm³/mol. The molecule has 0 atom stereocenters. The van der Waals surface area contributed by atoms with E-state index in [1.165, 1.54) is 10.8 Å². The summed E-state index contributed by atoms with van der Waals surface area (Å²) in [6, 6.07) is 49.1. The Morgan fingerprint density at radius 2 is 1.35 bits per heavy atom. The monoisotopic (exact) mass is 631 g/mol. The molecular formula is C43H29N5O. The Bertz CT molecular complexity index is 2860. The van der Waals surface area contributed by atoms with Gasteiger partial charge in [0.2, 0.25) is 0 Å². The standard InChI is InChI=1S/C43H29N5O/c1-46-24-23-45-43(46)29-12-10-13-30(25-29)47(41-32-14-3-2-11-28(32)26-36-35-16-5-7-18-39(35)49-42(36)41)31-20-21-34-33-15-4-6-17-37(33)48(38(34)27-31)40-19-8-9-22-44-40/h2-27H,1H3. The van der Waals surface area contributed by atoms with Gasteiger partial charge in [-0.3, -0.25) is 4.57 Å². The first-order valence-corrected chi connectivity index (χ1v) is 16.4. The zero-order chi connectivity index (χ0) is 32.5. The van der Waals surface area contributed by atoms with Gasteiger partial charge in [0, 0.05) is 69.5 Å². The van der Waals surface area contributed by atoms with E-state index in [0.717, 1.165) is 78.0 Å². The quantitative estimate of drug-likeness (QED) is 0.190. The summed E-state index contributed by atoms with van der Waals surface area (Å²) in [5, 5.41) is 6.77. The first-order chi connectivity index (χ1) is 24.2. The average molecular weight is 632 g/mol. The first kappa shape index (κ1) is 27.5. The molecule has 0 fully saturated rings. The number of aryl methyl sites for hydroxylation is 1. The molecule has 0 spiro atoms. The number of pyridine rings is 1. The van der Waals surface area contributed by atoms with Gasteiger partial charge in [0.1, 0.15) is 17.2 Å². The summed E-state index contributed by atoms with van der Waals surface area (Å²) in [5.74, 6) is 1.78. The highest BCUT2D eigenvalue weighted by molar-refractivity contribution is 6.19. The van der Waals surface area contributed by atoms with Crippen molar-refractivity contribution in [3.8, 4) is 17.2 Å². The van der Waals surface area contributed by atoms with E-state index in [1.807, 2.05) is 49.9 Å². The molecule has 49 heavy (non-hydrogen) atoms. The van der Waals surface area contributed by atoms with Crippen LogP contribution in [-0.4, -0.2) is 19.1 Å². The van der Waals surface area contributed by atoms with Gasteiger partial charge >= 0.3 is 0 Å². The number of benzene rings is 6. The van der Waals surface area contributed by atoms with Crippen LogP contribution in [0.4, 0.5) is 17.1 Å². The van der Waals surface area contributed by atoms with Crippen molar-refractivity contribution in [2.75, 3.05) is 4.90 Å². The molecule has 10 aromatic rings. The molecule has 4 aromatic heterocycles. The van der Waals surface area contributed by atoms with Crippen LogP contribution in [0.25, 0.3) is 71.7 Å². The second-order valence-corrected chi connectivity index (χ2v) is 12.4. The first-order valence-electron chi connectivity index (χ1n) is 16.4. The summed E-state index contributed by atoms with van der Waals surface area (Å²) < 4.78 is 11.1. The van der Waals surface area contributed by atoms with Crippen LogP contribution >= 0.6 is 0 Å². The predicted octanol–water partition coefficient (Wildman–Crippen LogP) is 11.1. The summed E-state index contributed by atoms with van der Waals surface area (Å²) in [5.41, 5.74) is 7.90. The Morgan fingerprint density at radius 3 is 2.20 bits per heavy atom. The van der Waals surface area contributed by atoms with E-state index >= 15 is 0 Å². The molecule has 0 unspecified atom stereocenters. The highest BCUT2D eigenvalue weighted by atomic mass is 16.3. The molecule has 10 rings (SSSR count). The fourth-order valence-corrected chi connectivity index (χ4v) is 7.39. The molecule has 232 valence electrons. The maximum atomic E-state index is 6.79. The minimum Gasteiger partial charge on any atom is -0.454 e. The van der Waals surface area contributed by atoms with E-state index in [1.54, 1.807) is 0 Å². The van der Waals surface area contributed by atoms with Crippen molar-refractivity contribution in [2.45, 2.75) is 0 Å². The zero-order valence-electron chi connectivity index (χ0n) is 26.7. The van der Waals surface area contributed by atoms with Crippen molar-refractivity contribution in [3.05, 3.63) is 158 Å². The topological polar surface area (TPSA) is 52.0 Å². The van der Waals surface area contributed by atoms with Crippen molar-refractivity contribution in [2.24, 2.45) is 7.05 Å². The van der Waals surface area contributed by atoms with Crippen LogP contribution < -0.4 is 4.90 Å². The van der Waals surface area contributed by atoms with Gasteiger partial charge in [0.15, 0.2) is 5.58 Å². The lowest BCUT2D eigenvalue weighted by Gasteiger charge is -2.27. The molecule has 6 nitrogen and oxygen atoms in total. The van der Waals surface area contributed by atoms with Crippen LogP contribution in [0, 0.1) is 0 Å².